The third-order valence-corrected chi connectivity index (χ3v) is 9.15. The molecule has 0 bridgehead atoms. The first-order valence-electron chi connectivity index (χ1n) is 14.5. The Morgan fingerprint density at radius 1 is 0.978 bits per heavy atom. The predicted octanol–water partition coefficient (Wildman–Crippen LogP) is 6.80. The Kier molecular flexibility index (Phi) is 9.40. The van der Waals surface area contributed by atoms with Crippen molar-refractivity contribution in [2.45, 2.75) is 49.2 Å². The van der Waals surface area contributed by atoms with Gasteiger partial charge < -0.3 is 25.2 Å². The van der Waals surface area contributed by atoms with Crippen LogP contribution < -0.4 is 10.5 Å². The number of benzene rings is 3. The van der Waals surface area contributed by atoms with Crippen molar-refractivity contribution in [3.8, 4) is 17.0 Å². The average molecular weight is 674 g/mol. The zero-order chi connectivity index (χ0) is 31.7. The monoisotopic (exact) mass is 672 g/mol. The van der Waals surface area contributed by atoms with Crippen LogP contribution in [0.25, 0.3) is 11.3 Å². The van der Waals surface area contributed by atoms with E-state index in [-0.39, 0.29) is 25.0 Å². The molecule has 2 aliphatic rings. The maximum Gasteiger partial charge on any atom is 0.373 e. The minimum Gasteiger partial charge on any atom is -0.489 e. The number of rotatable bonds is 13. The molecule has 2 unspecified atom stereocenters. The summed E-state index contributed by atoms with van der Waals surface area (Å²) in [5.41, 5.74) is 8.73. The third-order valence-electron chi connectivity index (χ3n) is 8.20. The molecule has 45 heavy (non-hydrogen) atoms. The lowest BCUT2D eigenvalue weighted by Gasteiger charge is -2.22. The number of halogens is 3. The first kappa shape index (κ1) is 31.8. The number of aliphatic hydroxyl groups excluding tert-OH is 2. The van der Waals surface area contributed by atoms with E-state index in [9.17, 15) is 15.0 Å². The number of hydrogen-bond acceptors (Lipinski definition) is 9. The Labute approximate surface area is 274 Å². The molecule has 0 saturated heterocycles. The number of aliphatic hydroxyl groups is 2. The average Bonchev–Trinajstić information content (AvgIpc) is 3.98. The van der Waals surface area contributed by atoms with E-state index in [0.717, 1.165) is 41.7 Å². The van der Waals surface area contributed by atoms with Gasteiger partial charge in [-0.05, 0) is 78.6 Å². The highest BCUT2D eigenvalue weighted by Gasteiger charge is 2.41. The van der Waals surface area contributed by atoms with E-state index in [1.807, 2.05) is 30.3 Å². The summed E-state index contributed by atoms with van der Waals surface area (Å²) in [6.45, 7) is -1.17. The van der Waals surface area contributed by atoms with Crippen molar-refractivity contribution >= 4 is 40.8 Å². The van der Waals surface area contributed by atoms with Crippen LogP contribution in [-0.2, 0) is 16.4 Å². The summed E-state index contributed by atoms with van der Waals surface area (Å²) < 4.78 is 11.9. The normalized spacial score (nSPS) is 17.7. The summed E-state index contributed by atoms with van der Waals surface area (Å²) in [5, 5.41) is 24.3. The largest absolute Gasteiger partial charge is 0.489 e. The van der Waals surface area contributed by atoms with Gasteiger partial charge >= 0.3 is 5.97 Å². The number of carbonyl (C=O) groups excluding carboxylic acids is 1. The number of hydrogen-bond donors (Lipinski definition) is 3. The van der Waals surface area contributed by atoms with Gasteiger partial charge in [-0.15, -0.1) is 0 Å². The molecule has 2 fully saturated rings. The van der Waals surface area contributed by atoms with E-state index in [0.29, 0.717) is 43.6 Å². The molecule has 9 nitrogen and oxygen atoms in total. The molecule has 4 N–H and O–H groups in total. The molecule has 0 amide bonds. The van der Waals surface area contributed by atoms with Crippen LogP contribution in [0.2, 0.25) is 15.1 Å². The first-order valence-corrected chi connectivity index (χ1v) is 15.6. The van der Waals surface area contributed by atoms with E-state index in [1.165, 1.54) is 0 Å². The molecule has 0 radical (unpaired) electrons. The lowest BCUT2D eigenvalue weighted by molar-refractivity contribution is -0.254. The van der Waals surface area contributed by atoms with Gasteiger partial charge in [0, 0.05) is 16.5 Å². The molecule has 2 atom stereocenters. The highest BCUT2D eigenvalue weighted by molar-refractivity contribution is 6.39. The predicted molar refractivity (Wildman–Crippen MR) is 169 cm³/mol. The zero-order valence-corrected chi connectivity index (χ0v) is 26.3. The third kappa shape index (κ3) is 7.00. The summed E-state index contributed by atoms with van der Waals surface area (Å²) in [7, 11) is 0. The van der Waals surface area contributed by atoms with Gasteiger partial charge in [0.1, 0.15) is 30.4 Å². The van der Waals surface area contributed by atoms with Gasteiger partial charge in [0.2, 0.25) is 0 Å². The van der Waals surface area contributed by atoms with Gasteiger partial charge in [-0.2, -0.15) is 4.89 Å². The molecule has 1 heterocycles. The summed E-state index contributed by atoms with van der Waals surface area (Å²) in [6.07, 6.45) is 2.99. The van der Waals surface area contributed by atoms with Crippen molar-refractivity contribution in [3.63, 3.8) is 0 Å². The van der Waals surface area contributed by atoms with Gasteiger partial charge in [-0.25, -0.2) is 4.79 Å². The van der Waals surface area contributed by atoms with Crippen LogP contribution in [0.15, 0.2) is 65.2 Å². The molecule has 12 heteroatoms. The van der Waals surface area contributed by atoms with E-state index in [2.05, 4.69) is 5.16 Å². The molecule has 236 valence electrons. The molecule has 3 aromatic carbocycles. The molecule has 1 aromatic heterocycles. The topological polar surface area (TPSA) is 137 Å². The Balaban J connectivity index is 1.08. The standard InChI is InChI=1S/C33H31Cl3N2O7/c34-26-2-1-3-27(35)29(26)30-25(31(44-38-30)19-6-7-19)14-42-21-10-11-22(28(36)12-21)24-13-23(24)18-4-8-20(9-5-18)32(41)45-43-17-33(37,15-39)16-40/h1-5,8-12,19,23-24,39-40H,6-7,13-17,37H2. The van der Waals surface area contributed by atoms with E-state index < -0.39 is 24.7 Å². The Hall–Kier alpha value is -3.15. The second-order valence-electron chi connectivity index (χ2n) is 11.6. The molecule has 2 aliphatic carbocycles. The Morgan fingerprint density at radius 3 is 2.33 bits per heavy atom. The van der Waals surface area contributed by atoms with Crippen molar-refractivity contribution in [1.29, 1.82) is 0 Å². The fraction of sp³-hybridized carbons (Fsp3) is 0.333. The number of aromatic nitrogens is 1. The van der Waals surface area contributed by atoms with Crippen molar-refractivity contribution in [2.75, 3.05) is 19.8 Å². The number of ether oxygens (including phenoxy) is 1. The molecule has 0 spiro atoms. The fourth-order valence-electron chi connectivity index (χ4n) is 5.27. The van der Waals surface area contributed by atoms with Gasteiger partial charge in [0.15, 0.2) is 0 Å². The highest BCUT2D eigenvalue weighted by atomic mass is 35.5. The van der Waals surface area contributed by atoms with E-state index >= 15 is 0 Å². The summed E-state index contributed by atoms with van der Waals surface area (Å²) in [6, 6.07) is 18.1. The Morgan fingerprint density at radius 2 is 1.69 bits per heavy atom. The van der Waals surface area contributed by atoms with Gasteiger partial charge in [-0.3, -0.25) is 4.89 Å². The number of carbonyl (C=O) groups is 1. The van der Waals surface area contributed by atoms with Gasteiger partial charge in [0.25, 0.3) is 0 Å². The van der Waals surface area contributed by atoms with Crippen LogP contribution in [0.4, 0.5) is 0 Å². The minimum atomic E-state index is -1.40. The zero-order valence-electron chi connectivity index (χ0n) is 24.0. The van der Waals surface area contributed by atoms with Crippen LogP contribution in [0.5, 0.6) is 5.75 Å². The SMILES string of the molecule is NC(CO)(CO)COOC(=O)c1ccc(C2CC2c2ccc(OCc3c(-c4c(Cl)cccc4Cl)noc3C3CC3)cc2Cl)cc1. The maximum absolute atomic E-state index is 12.3. The number of nitrogens with two attached hydrogens (primary N) is 1. The second-order valence-corrected chi connectivity index (χ2v) is 12.8. The molecule has 2 saturated carbocycles. The number of nitrogens with zero attached hydrogens (tertiary/aromatic N) is 1. The smallest absolute Gasteiger partial charge is 0.373 e. The van der Waals surface area contributed by atoms with Crippen LogP contribution >= 0.6 is 34.8 Å². The van der Waals surface area contributed by atoms with E-state index in [4.69, 9.17) is 59.6 Å². The maximum atomic E-state index is 12.3. The first-order chi connectivity index (χ1) is 21.7. The van der Waals surface area contributed by atoms with Crippen molar-refractivity contribution in [1.82, 2.24) is 5.16 Å². The summed E-state index contributed by atoms with van der Waals surface area (Å²) >= 11 is 19.7. The van der Waals surface area contributed by atoms with Crippen LogP contribution in [0.3, 0.4) is 0 Å². The van der Waals surface area contributed by atoms with Gasteiger partial charge in [0.05, 0.1) is 39.9 Å². The Bertz CT molecular complexity index is 1670. The van der Waals surface area contributed by atoms with Crippen LogP contribution in [0.1, 0.15) is 69.8 Å². The van der Waals surface area contributed by atoms with Crippen molar-refractivity contribution < 1.29 is 34.0 Å². The van der Waals surface area contributed by atoms with E-state index in [1.54, 1.807) is 30.3 Å². The lowest BCUT2D eigenvalue weighted by atomic mass is 10.0. The summed E-state index contributed by atoms with van der Waals surface area (Å²) in [5.74, 6) is 1.52. The molecular weight excluding hydrogens is 643 g/mol. The lowest BCUT2D eigenvalue weighted by Crippen LogP contribution is -2.51. The van der Waals surface area contributed by atoms with Crippen molar-refractivity contribution in [3.05, 3.63) is 104 Å². The molecule has 4 aromatic rings. The molecule has 0 aliphatic heterocycles. The van der Waals surface area contributed by atoms with Crippen molar-refractivity contribution in [2.24, 2.45) is 5.73 Å². The minimum absolute atomic E-state index is 0.226. The molecule has 6 rings (SSSR count). The fourth-order valence-corrected chi connectivity index (χ4v) is 6.15. The van der Waals surface area contributed by atoms with Gasteiger partial charge in [-0.1, -0.05) is 64.2 Å². The van der Waals surface area contributed by atoms with Crippen LogP contribution in [-0.4, -0.2) is 46.7 Å². The quantitative estimate of drug-likeness (QED) is 0.103. The van der Waals surface area contributed by atoms with Crippen LogP contribution in [0, 0.1) is 0 Å². The molecular formula is C33H31Cl3N2O7. The summed E-state index contributed by atoms with van der Waals surface area (Å²) in [4.78, 5) is 21.9. The second kappa shape index (κ2) is 13.3. The highest BCUT2D eigenvalue weighted by Crippen LogP contribution is 2.56.